The molecule has 1 saturated heterocycles. The number of rotatable bonds is 26. The first-order chi connectivity index (χ1) is 37.4. The summed E-state index contributed by atoms with van der Waals surface area (Å²) >= 11 is 0. The lowest BCUT2D eigenvalue weighted by Gasteiger charge is -2.42. The average Bonchev–Trinajstić information content (AvgIpc) is 3.77. The molecule has 24 nitrogen and oxygen atoms in total. The van der Waals surface area contributed by atoms with Crippen LogP contribution in [0.3, 0.4) is 0 Å². The van der Waals surface area contributed by atoms with E-state index in [1.54, 1.807) is 20.8 Å². The standard InChI is InChI=1S/C54H64N4O20/c1-7-26-69-51(66)75-42-43(76-52(67)70-27-8-2)45(77-53(68)71-28-9-3)48(74-44(42)47(62)63)73-40-22-21-32(30-59)29-39(40)57-41(60)23-25-55-46(61)38(58-50(65)78-54(4,5)6)20-14-15-24-56-49(64)72-31-37-35-18-12-10-16-33(35)34-17-11-13-19-36(34)37/h7-13,16-19,21-22,29,37-38,42-45,48,59H,1-3,14-15,20,23-28,30-31H2,4-6H3,(H,55,61)(H,56,64)(H,57,60)(H,58,65)(H,62,63)/t38?,42-,43-,44-,45+,48+/m0/s1. The molecule has 78 heavy (non-hydrogen) atoms. The van der Waals surface area contributed by atoms with Crippen LogP contribution in [-0.4, -0.2) is 141 Å². The Kier molecular flexibility index (Phi) is 22.9. The van der Waals surface area contributed by atoms with Crippen molar-refractivity contribution in [3.8, 4) is 16.9 Å². The van der Waals surface area contributed by atoms with Gasteiger partial charge in [-0.2, -0.15) is 0 Å². The number of amides is 4. The Hall–Kier alpha value is -8.64. The Morgan fingerprint density at radius 1 is 0.705 bits per heavy atom. The van der Waals surface area contributed by atoms with E-state index in [1.165, 1.54) is 36.4 Å². The van der Waals surface area contributed by atoms with Crippen molar-refractivity contribution in [1.29, 1.82) is 0 Å². The van der Waals surface area contributed by atoms with E-state index in [4.69, 9.17) is 47.4 Å². The maximum absolute atomic E-state index is 13.6. The Bertz CT molecular complexity index is 2590. The second-order valence-electron chi connectivity index (χ2n) is 18.2. The van der Waals surface area contributed by atoms with Crippen molar-refractivity contribution in [2.24, 2.45) is 0 Å². The largest absolute Gasteiger partial charge is 0.509 e. The minimum Gasteiger partial charge on any atom is -0.479 e. The summed E-state index contributed by atoms with van der Waals surface area (Å²) in [6.07, 6.45) is -12.4. The highest BCUT2D eigenvalue weighted by molar-refractivity contribution is 5.93. The van der Waals surface area contributed by atoms with Crippen LogP contribution >= 0.6 is 0 Å². The fraction of sp³-hybridized carbons (Fsp3) is 0.407. The number of aliphatic hydroxyl groups excluding tert-OH is 1. The lowest BCUT2D eigenvalue weighted by atomic mass is 9.98. The smallest absolute Gasteiger partial charge is 0.479 e. The Morgan fingerprint density at radius 3 is 1.85 bits per heavy atom. The van der Waals surface area contributed by atoms with Crippen LogP contribution in [0.4, 0.5) is 29.7 Å². The molecule has 4 amide bonds. The number of carboxylic acid groups (broad SMARTS) is 1. The number of nitrogens with one attached hydrogen (secondary N) is 4. The molecule has 1 aliphatic carbocycles. The van der Waals surface area contributed by atoms with Crippen LogP contribution in [0.2, 0.25) is 0 Å². The molecule has 5 rings (SSSR count). The van der Waals surface area contributed by atoms with E-state index in [0.29, 0.717) is 12.8 Å². The molecule has 3 aromatic carbocycles. The zero-order valence-electron chi connectivity index (χ0n) is 43.3. The van der Waals surface area contributed by atoms with Crippen molar-refractivity contribution in [2.75, 3.05) is 44.8 Å². The number of aliphatic carboxylic acids is 1. The fourth-order valence-electron chi connectivity index (χ4n) is 7.98. The van der Waals surface area contributed by atoms with Gasteiger partial charge in [0.05, 0.1) is 12.3 Å². The van der Waals surface area contributed by atoms with Crippen molar-refractivity contribution in [1.82, 2.24) is 16.0 Å². The van der Waals surface area contributed by atoms with E-state index in [9.17, 15) is 48.6 Å². The first kappa shape index (κ1) is 60.2. The topological polar surface area (TPSA) is 317 Å². The van der Waals surface area contributed by atoms with Gasteiger partial charge in [-0.05, 0) is 80.0 Å². The number of ether oxygens (including phenoxy) is 10. The molecule has 1 aliphatic heterocycles. The van der Waals surface area contributed by atoms with Gasteiger partial charge in [0, 0.05) is 25.4 Å². The average molecular weight is 1090 g/mol. The summed E-state index contributed by atoms with van der Waals surface area (Å²) < 4.78 is 53.5. The summed E-state index contributed by atoms with van der Waals surface area (Å²) in [6, 6.07) is 18.7. The first-order valence-electron chi connectivity index (χ1n) is 24.6. The van der Waals surface area contributed by atoms with Gasteiger partial charge in [0.2, 0.25) is 24.2 Å². The number of fused-ring (bicyclic) bond motifs is 3. The second kappa shape index (κ2) is 29.6. The van der Waals surface area contributed by atoms with Gasteiger partial charge in [-0.1, -0.05) is 92.6 Å². The van der Waals surface area contributed by atoms with E-state index in [0.717, 1.165) is 22.3 Å². The van der Waals surface area contributed by atoms with Crippen LogP contribution in [-0.2, 0) is 63.6 Å². The van der Waals surface area contributed by atoms with Crippen molar-refractivity contribution >= 4 is 54.1 Å². The normalized spacial score (nSPS) is 17.6. The molecule has 0 spiro atoms. The SMILES string of the molecule is C=CCOC(=O)O[C@@H]1[C@@H](OC(=O)OCC=C)[C@H](Oc2ccc(CO)cc2NC(=O)CCNC(=O)C(CCCCNC(=O)OCC2c3ccccc3-c3ccccc32)NC(=O)OC(C)(C)C)O[C@H](C(=O)O)[C@H]1OC(=O)OCC=C. The third-order valence-electron chi connectivity index (χ3n) is 11.3. The zero-order valence-corrected chi connectivity index (χ0v) is 43.3. The maximum Gasteiger partial charge on any atom is 0.509 e. The van der Waals surface area contributed by atoms with Gasteiger partial charge in [-0.25, -0.2) is 28.8 Å². The van der Waals surface area contributed by atoms with Crippen LogP contribution in [0.25, 0.3) is 11.1 Å². The van der Waals surface area contributed by atoms with Crippen LogP contribution in [0.5, 0.6) is 5.75 Å². The summed E-state index contributed by atoms with van der Waals surface area (Å²) in [4.78, 5) is 104. The van der Waals surface area contributed by atoms with Gasteiger partial charge >= 0.3 is 36.6 Å². The van der Waals surface area contributed by atoms with Gasteiger partial charge < -0.3 is 78.8 Å². The summed E-state index contributed by atoms with van der Waals surface area (Å²) in [6.45, 7) is 13.6. The third-order valence-corrected chi connectivity index (χ3v) is 11.3. The molecule has 0 bridgehead atoms. The predicted octanol–water partition coefficient (Wildman–Crippen LogP) is 6.54. The van der Waals surface area contributed by atoms with E-state index >= 15 is 0 Å². The molecule has 0 saturated carbocycles. The lowest BCUT2D eigenvalue weighted by molar-refractivity contribution is -0.275. The summed E-state index contributed by atoms with van der Waals surface area (Å²) in [5.41, 5.74) is 3.51. The number of alkyl carbamates (subject to hydrolysis) is 2. The maximum atomic E-state index is 13.6. The fourth-order valence-corrected chi connectivity index (χ4v) is 7.98. The minimum absolute atomic E-state index is 0.106. The number of carbonyl (C=O) groups is 8. The number of unbranched alkanes of at least 4 members (excludes halogenated alkanes) is 1. The van der Waals surface area contributed by atoms with E-state index in [-0.39, 0.29) is 68.7 Å². The molecule has 6 N–H and O–H groups in total. The minimum atomic E-state index is -2.23. The van der Waals surface area contributed by atoms with Gasteiger partial charge in [0.15, 0.2) is 18.3 Å². The highest BCUT2D eigenvalue weighted by atomic mass is 16.8. The van der Waals surface area contributed by atoms with Gasteiger partial charge in [-0.3, -0.25) is 9.59 Å². The summed E-state index contributed by atoms with van der Waals surface area (Å²) in [7, 11) is 0. The molecular weight excluding hydrogens is 1020 g/mol. The molecule has 1 fully saturated rings. The Labute approximate surface area is 449 Å². The summed E-state index contributed by atoms with van der Waals surface area (Å²) in [5.74, 6) is -3.60. The molecule has 2 aliphatic rings. The molecule has 0 radical (unpaired) electrons. The van der Waals surface area contributed by atoms with Crippen LogP contribution in [0.15, 0.2) is 105 Å². The monoisotopic (exact) mass is 1090 g/mol. The van der Waals surface area contributed by atoms with Gasteiger partial charge in [-0.15, -0.1) is 0 Å². The number of benzene rings is 3. The van der Waals surface area contributed by atoms with E-state index < -0.39 is 104 Å². The number of carbonyl (C=O) groups excluding carboxylic acids is 7. The molecule has 420 valence electrons. The highest BCUT2D eigenvalue weighted by Crippen LogP contribution is 2.44. The highest BCUT2D eigenvalue weighted by Gasteiger charge is 2.57. The molecule has 6 atom stereocenters. The van der Waals surface area contributed by atoms with Crippen LogP contribution in [0, 0.1) is 0 Å². The van der Waals surface area contributed by atoms with Crippen molar-refractivity contribution in [3.63, 3.8) is 0 Å². The number of hydrogen-bond acceptors (Lipinski definition) is 19. The van der Waals surface area contributed by atoms with E-state index in [1.807, 2.05) is 48.5 Å². The summed E-state index contributed by atoms with van der Waals surface area (Å²) in [5, 5.41) is 30.8. The third kappa shape index (κ3) is 18.0. The van der Waals surface area contributed by atoms with Gasteiger partial charge in [0.25, 0.3) is 0 Å². The molecular formula is C54H64N4O20. The van der Waals surface area contributed by atoms with Crippen LogP contribution in [0.1, 0.15) is 69.1 Å². The number of aliphatic hydroxyl groups is 1. The molecule has 0 aromatic heterocycles. The lowest BCUT2D eigenvalue weighted by Crippen LogP contribution is -2.64. The quantitative estimate of drug-likeness (QED) is 0.0215. The molecule has 1 heterocycles. The number of anilines is 1. The molecule has 24 heteroatoms. The first-order valence-corrected chi connectivity index (χ1v) is 24.6. The number of carboxylic acids is 1. The predicted molar refractivity (Wildman–Crippen MR) is 275 cm³/mol. The van der Waals surface area contributed by atoms with Crippen molar-refractivity contribution < 1.29 is 95.9 Å². The number of hydrogen-bond donors (Lipinski definition) is 6. The molecule has 3 aromatic rings. The second-order valence-corrected chi connectivity index (χ2v) is 18.2. The van der Waals surface area contributed by atoms with Crippen LogP contribution < -0.4 is 26.0 Å². The molecule has 1 unspecified atom stereocenters. The Morgan fingerprint density at radius 2 is 1.28 bits per heavy atom. The van der Waals surface area contributed by atoms with Crippen molar-refractivity contribution in [2.45, 2.75) is 101 Å². The van der Waals surface area contributed by atoms with Crippen molar-refractivity contribution in [3.05, 3.63) is 121 Å². The van der Waals surface area contributed by atoms with E-state index in [2.05, 4.69) is 41.0 Å². The van der Waals surface area contributed by atoms with Gasteiger partial charge in [0.1, 0.15) is 43.8 Å². The Balaban J connectivity index is 1.24. The zero-order chi connectivity index (χ0) is 56.8.